The van der Waals surface area contributed by atoms with Crippen LogP contribution in [0.15, 0.2) is 57.7 Å². The Hall–Kier alpha value is -3.52. The third kappa shape index (κ3) is 2.88. The van der Waals surface area contributed by atoms with Gasteiger partial charge < -0.3 is 14.1 Å². The first-order chi connectivity index (χ1) is 14.5. The number of hydrogen-bond donors (Lipinski definition) is 0. The molecule has 0 bridgehead atoms. The fourth-order valence-corrected chi connectivity index (χ4v) is 4.32. The minimum atomic E-state index is -0.766. The van der Waals surface area contributed by atoms with Gasteiger partial charge in [-0.25, -0.2) is 0 Å². The summed E-state index contributed by atoms with van der Waals surface area (Å²) in [6.07, 6.45) is 1.57. The van der Waals surface area contributed by atoms with Crippen LogP contribution in [0.4, 0.5) is 5.69 Å². The number of nitro benzene ring substituents is 1. The zero-order chi connectivity index (χ0) is 20.8. The molecule has 0 unspecified atom stereocenters. The van der Waals surface area contributed by atoms with E-state index in [1.54, 1.807) is 41.3 Å². The van der Waals surface area contributed by atoms with Crippen molar-refractivity contribution in [1.82, 2.24) is 4.90 Å². The van der Waals surface area contributed by atoms with Crippen molar-refractivity contribution >= 4 is 22.6 Å². The van der Waals surface area contributed by atoms with E-state index in [0.717, 1.165) is 12.8 Å². The first-order valence-electron chi connectivity index (χ1n) is 9.77. The van der Waals surface area contributed by atoms with Crippen molar-refractivity contribution in [2.75, 3.05) is 13.2 Å². The molecule has 5 rings (SSSR count). The number of carbonyl (C=O) groups is 1. The van der Waals surface area contributed by atoms with Crippen molar-refractivity contribution in [3.8, 4) is 0 Å². The molecular weight excluding hydrogens is 388 g/mol. The molecule has 30 heavy (non-hydrogen) atoms. The average Bonchev–Trinajstić information content (AvgIpc) is 3.36. The van der Waals surface area contributed by atoms with Crippen LogP contribution in [0.5, 0.6) is 0 Å². The molecule has 1 amide bonds. The second-order valence-corrected chi connectivity index (χ2v) is 7.52. The normalized spacial score (nSPS) is 20.7. The molecule has 1 saturated heterocycles. The number of nitrogens with zero attached hydrogens (tertiary/aromatic N) is 2. The van der Waals surface area contributed by atoms with Crippen LogP contribution < -0.4 is 5.43 Å². The van der Waals surface area contributed by atoms with Crippen LogP contribution in [0.25, 0.3) is 11.0 Å². The monoisotopic (exact) mass is 406 g/mol. The molecule has 0 N–H and O–H groups in total. The summed E-state index contributed by atoms with van der Waals surface area (Å²) < 4.78 is 11.6. The zero-order valence-electron chi connectivity index (χ0n) is 15.9. The van der Waals surface area contributed by atoms with E-state index in [0.29, 0.717) is 23.1 Å². The standard InChI is InChI=1S/C22H18N2O6/c25-20-16-8-1-2-9-17(16)30-21-18(20)19(13-5-3-6-14(11-13)24(27)28)23(22(21)26)12-15-7-4-10-29-15/h1-3,5-6,8-9,11,15,19H,4,7,10,12H2/t15-,19+/m1/s1. The summed E-state index contributed by atoms with van der Waals surface area (Å²) in [6, 6.07) is 12.0. The molecular formula is C22H18N2O6. The van der Waals surface area contributed by atoms with Crippen LogP contribution in [0, 0.1) is 10.1 Å². The van der Waals surface area contributed by atoms with E-state index >= 15 is 0 Å². The minimum Gasteiger partial charge on any atom is -0.450 e. The molecule has 0 radical (unpaired) electrons. The van der Waals surface area contributed by atoms with Gasteiger partial charge in [0.15, 0.2) is 5.43 Å². The topological polar surface area (TPSA) is 103 Å². The molecule has 3 aromatic rings. The van der Waals surface area contributed by atoms with E-state index in [2.05, 4.69) is 0 Å². The van der Waals surface area contributed by atoms with Crippen LogP contribution in [-0.2, 0) is 4.74 Å². The Labute approximate surface area is 170 Å². The molecule has 8 nitrogen and oxygen atoms in total. The Morgan fingerprint density at radius 1 is 1.13 bits per heavy atom. The lowest BCUT2D eigenvalue weighted by Gasteiger charge is -2.27. The summed E-state index contributed by atoms with van der Waals surface area (Å²) in [5.41, 5.74) is 0.655. The Morgan fingerprint density at radius 2 is 1.97 bits per heavy atom. The number of nitro groups is 1. The van der Waals surface area contributed by atoms with E-state index < -0.39 is 16.9 Å². The van der Waals surface area contributed by atoms with Gasteiger partial charge in [0, 0.05) is 25.3 Å². The molecule has 0 aliphatic carbocycles. The van der Waals surface area contributed by atoms with Crippen molar-refractivity contribution in [3.63, 3.8) is 0 Å². The smallest absolute Gasteiger partial charge is 0.291 e. The minimum absolute atomic E-state index is 0.00629. The summed E-state index contributed by atoms with van der Waals surface area (Å²) in [4.78, 5) is 39.0. The lowest BCUT2D eigenvalue weighted by atomic mass is 9.98. The van der Waals surface area contributed by atoms with Gasteiger partial charge in [-0.3, -0.25) is 19.7 Å². The van der Waals surface area contributed by atoms with Crippen molar-refractivity contribution in [3.05, 3.63) is 85.8 Å². The number of carbonyl (C=O) groups excluding carboxylic acids is 1. The van der Waals surface area contributed by atoms with Gasteiger partial charge in [-0.2, -0.15) is 0 Å². The van der Waals surface area contributed by atoms with Crippen molar-refractivity contribution in [2.24, 2.45) is 0 Å². The molecule has 0 spiro atoms. The maximum atomic E-state index is 13.3. The molecule has 2 atom stereocenters. The van der Waals surface area contributed by atoms with Gasteiger partial charge in [-0.05, 0) is 30.5 Å². The van der Waals surface area contributed by atoms with Crippen LogP contribution in [-0.4, -0.2) is 35.0 Å². The molecule has 1 aromatic heterocycles. The van der Waals surface area contributed by atoms with Crippen LogP contribution in [0.2, 0.25) is 0 Å². The predicted octanol–water partition coefficient (Wildman–Crippen LogP) is 3.43. The first-order valence-corrected chi connectivity index (χ1v) is 9.77. The van der Waals surface area contributed by atoms with E-state index in [4.69, 9.17) is 9.15 Å². The highest BCUT2D eigenvalue weighted by atomic mass is 16.6. The number of ether oxygens (including phenoxy) is 1. The third-order valence-electron chi connectivity index (χ3n) is 5.69. The average molecular weight is 406 g/mol. The summed E-state index contributed by atoms with van der Waals surface area (Å²) in [5.74, 6) is -0.409. The van der Waals surface area contributed by atoms with Gasteiger partial charge in [0.2, 0.25) is 5.76 Å². The van der Waals surface area contributed by atoms with Crippen LogP contribution in [0.3, 0.4) is 0 Å². The number of rotatable bonds is 4. The molecule has 0 saturated carbocycles. The van der Waals surface area contributed by atoms with E-state index in [-0.39, 0.29) is 35.1 Å². The van der Waals surface area contributed by atoms with E-state index in [1.807, 2.05) is 0 Å². The van der Waals surface area contributed by atoms with Crippen molar-refractivity contribution in [1.29, 1.82) is 0 Å². The van der Waals surface area contributed by atoms with Gasteiger partial charge in [0.25, 0.3) is 11.6 Å². The van der Waals surface area contributed by atoms with Crippen molar-refractivity contribution < 1.29 is 18.9 Å². The predicted molar refractivity (Wildman–Crippen MR) is 107 cm³/mol. The lowest BCUT2D eigenvalue weighted by Crippen LogP contribution is -2.36. The summed E-state index contributed by atoms with van der Waals surface area (Å²) in [6.45, 7) is 0.911. The number of hydrogen-bond acceptors (Lipinski definition) is 6. The van der Waals surface area contributed by atoms with E-state index in [1.165, 1.54) is 12.1 Å². The summed E-state index contributed by atoms with van der Waals surface area (Å²) in [5, 5.41) is 11.7. The summed E-state index contributed by atoms with van der Waals surface area (Å²) in [7, 11) is 0. The number of benzene rings is 2. The molecule has 1 fully saturated rings. The van der Waals surface area contributed by atoms with Gasteiger partial charge in [-0.15, -0.1) is 0 Å². The largest absolute Gasteiger partial charge is 0.450 e. The highest BCUT2D eigenvalue weighted by Gasteiger charge is 2.44. The Bertz CT molecular complexity index is 1230. The quantitative estimate of drug-likeness (QED) is 0.486. The Balaban J connectivity index is 1.71. The molecule has 2 aromatic carbocycles. The second-order valence-electron chi connectivity index (χ2n) is 7.52. The molecule has 2 aliphatic heterocycles. The fourth-order valence-electron chi connectivity index (χ4n) is 4.32. The van der Waals surface area contributed by atoms with Gasteiger partial charge >= 0.3 is 0 Å². The first kappa shape index (κ1) is 18.5. The lowest BCUT2D eigenvalue weighted by molar-refractivity contribution is -0.384. The van der Waals surface area contributed by atoms with Crippen molar-refractivity contribution in [2.45, 2.75) is 25.0 Å². The van der Waals surface area contributed by atoms with Crippen LogP contribution >= 0.6 is 0 Å². The number of amides is 1. The number of fused-ring (bicyclic) bond motifs is 2. The third-order valence-corrected chi connectivity index (χ3v) is 5.69. The highest BCUT2D eigenvalue weighted by Crippen LogP contribution is 2.39. The fraction of sp³-hybridized carbons (Fsp3) is 0.273. The van der Waals surface area contributed by atoms with Gasteiger partial charge in [-0.1, -0.05) is 24.3 Å². The highest BCUT2D eigenvalue weighted by molar-refractivity contribution is 5.99. The molecule has 152 valence electrons. The number of para-hydroxylation sites is 1. The maximum absolute atomic E-state index is 13.3. The SMILES string of the molecule is O=C1c2oc3ccccc3c(=O)c2[C@H](c2cccc([N+](=O)[O-])c2)N1C[C@H]1CCCO1. The van der Waals surface area contributed by atoms with Gasteiger partial charge in [0.05, 0.1) is 28.0 Å². The van der Waals surface area contributed by atoms with E-state index in [9.17, 15) is 19.7 Å². The zero-order valence-corrected chi connectivity index (χ0v) is 15.9. The van der Waals surface area contributed by atoms with Gasteiger partial charge in [0.1, 0.15) is 5.58 Å². The summed E-state index contributed by atoms with van der Waals surface area (Å²) >= 11 is 0. The second kappa shape index (κ2) is 7.07. The Morgan fingerprint density at radius 3 is 2.73 bits per heavy atom. The Kier molecular flexibility index (Phi) is 4.36. The molecule has 3 heterocycles. The van der Waals surface area contributed by atoms with Crippen LogP contribution in [0.1, 0.15) is 40.6 Å². The maximum Gasteiger partial charge on any atom is 0.291 e. The molecule has 2 aliphatic rings. The number of non-ortho nitro benzene ring substituents is 1. The molecule has 8 heteroatoms.